The van der Waals surface area contributed by atoms with Gasteiger partial charge in [-0.1, -0.05) is 37.0 Å². The lowest BCUT2D eigenvalue weighted by Crippen LogP contribution is -2.48. The molecule has 0 bridgehead atoms. The molecule has 2 atom stereocenters. The van der Waals surface area contributed by atoms with Gasteiger partial charge in [0.05, 0.1) is 16.1 Å². The minimum atomic E-state index is -0.440. The molecule has 0 saturated carbocycles. The normalized spacial score (nSPS) is 18.4. The van der Waals surface area contributed by atoms with Gasteiger partial charge in [-0.15, -0.1) is 0 Å². The summed E-state index contributed by atoms with van der Waals surface area (Å²) in [6, 6.07) is 2.25. The molecule has 0 unspecified atom stereocenters. The molecule has 1 saturated heterocycles. The molecule has 2 rings (SSSR count). The van der Waals surface area contributed by atoms with Crippen LogP contribution in [0.4, 0.5) is 0 Å². The van der Waals surface area contributed by atoms with Crippen molar-refractivity contribution in [2.45, 2.75) is 45.2 Å². The van der Waals surface area contributed by atoms with E-state index in [4.69, 9.17) is 34.7 Å². The van der Waals surface area contributed by atoms with E-state index < -0.39 is 6.04 Å². The first-order chi connectivity index (χ1) is 11.7. The first-order valence-corrected chi connectivity index (χ1v) is 9.44. The molecule has 0 spiro atoms. The molecule has 0 radical (unpaired) electrons. The van der Waals surface area contributed by atoms with Crippen LogP contribution in [0.25, 0.3) is 0 Å². The molecule has 1 heterocycles. The summed E-state index contributed by atoms with van der Waals surface area (Å²) in [5.41, 5.74) is 12.9. The largest absolute Gasteiger partial charge is 0.508 e. The Morgan fingerprint density at radius 2 is 1.80 bits per heavy atom. The maximum Gasteiger partial charge on any atom is 0.239 e. The number of hydrogen-bond donors (Lipinski definition) is 3. The van der Waals surface area contributed by atoms with Crippen molar-refractivity contribution in [2.75, 3.05) is 13.1 Å². The lowest BCUT2D eigenvalue weighted by Gasteiger charge is -2.36. The third-order valence-electron chi connectivity index (χ3n) is 4.83. The Bertz CT molecular complexity index is 617. The van der Waals surface area contributed by atoms with Gasteiger partial charge in [-0.2, -0.15) is 0 Å². The van der Waals surface area contributed by atoms with E-state index in [1.165, 1.54) is 6.07 Å². The first kappa shape index (κ1) is 20.3. The highest BCUT2D eigenvalue weighted by Gasteiger charge is 2.30. The van der Waals surface area contributed by atoms with Gasteiger partial charge >= 0.3 is 0 Å². The molecule has 0 aliphatic carbocycles. The summed E-state index contributed by atoms with van der Waals surface area (Å²) in [7, 11) is 0. The van der Waals surface area contributed by atoms with Crippen molar-refractivity contribution in [2.24, 2.45) is 23.3 Å². The molecule has 5 nitrogen and oxygen atoms in total. The Kier molecular flexibility index (Phi) is 6.97. The highest BCUT2D eigenvalue weighted by molar-refractivity contribution is 6.42. The van der Waals surface area contributed by atoms with Crippen molar-refractivity contribution in [3.63, 3.8) is 0 Å². The standard InChI is InChI=1S/C18H27Cl2N3O2/c1-10(2)7-15(21)18(25)23-5-3-11(4-6-23)17(22)12-8-13(19)14(20)9-16(12)24/h8-11,15,17,24H,3-7,21-22H2,1-2H3/t15-,17+/m0/s1. The SMILES string of the molecule is CC(C)C[C@H](N)C(=O)N1CCC([C@@H](N)c2cc(Cl)c(Cl)cc2O)CC1. The summed E-state index contributed by atoms with van der Waals surface area (Å²) in [4.78, 5) is 14.2. The molecular weight excluding hydrogens is 361 g/mol. The summed E-state index contributed by atoms with van der Waals surface area (Å²) in [6.45, 7) is 5.38. The van der Waals surface area contributed by atoms with E-state index in [0.717, 1.165) is 12.8 Å². The van der Waals surface area contributed by atoms with E-state index in [-0.39, 0.29) is 23.6 Å². The monoisotopic (exact) mass is 387 g/mol. The van der Waals surface area contributed by atoms with Gasteiger partial charge in [0.2, 0.25) is 5.91 Å². The van der Waals surface area contributed by atoms with Gasteiger partial charge in [0.15, 0.2) is 0 Å². The molecule has 140 valence electrons. The second-order valence-corrected chi connectivity index (χ2v) is 8.06. The van der Waals surface area contributed by atoms with Crippen molar-refractivity contribution >= 4 is 29.1 Å². The van der Waals surface area contributed by atoms with Crippen molar-refractivity contribution in [1.29, 1.82) is 0 Å². The van der Waals surface area contributed by atoms with Crippen LogP contribution in [-0.2, 0) is 4.79 Å². The van der Waals surface area contributed by atoms with Gasteiger partial charge in [0.1, 0.15) is 5.75 Å². The van der Waals surface area contributed by atoms with Crippen LogP contribution in [0.2, 0.25) is 10.0 Å². The number of benzene rings is 1. The van der Waals surface area contributed by atoms with E-state index in [1.54, 1.807) is 6.07 Å². The van der Waals surface area contributed by atoms with Crippen LogP contribution in [0.5, 0.6) is 5.75 Å². The fourth-order valence-electron chi connectivity index (χ4n) is 3.39. The maximum absolute atomic E-state index is 12.4. The molecule has 1 aromatic carbocycles. The van der Waals surface area contributed by atoms with Crippen LogP contribution in [0.1, 0.15) is 44.7 Å². The third kappa shape index (κ3) is 5.00. The van der Waals surface area contributed by atoms with E-state index in [1.807, 2.05) is 4.90 Å². The smallest absolute Gasteiger partial charge is 0.239 e. The minimum Gasteiger partial charge on any atom is -0.508 e. The van der Waals surface area contributed by atoms with Gasteiger partial charge in [0.25, 0.3) is 0 Å². The van der Waals surface area contributed by atoms with Crippen LogP contribution < -0.4 is 11.5 Å². The average molecular weight is 388 g/mol. The zero-order valence-corrected chi connectivity index (χ0v) is 16.2. The number of amides is 1. The molecule has 5 N–H and O–H groups in total. The number of nitrogens with zero attached hydrogens (tertiary/aromatic N) is 1. The Morgan fingerprint density at radius 3 is 2.36 bits per heavy atom. The fourth-order valence-corrected chi connectivity index (χ4v) is 3.72. The second-order valence-electron chi connectivity index (χ2n) is 7.25. The Hall–Kier alpha value is -1.01. The highest BCUT2D eigenvalue weighted by atomic mass is 35.5. The number of rotatable bonds is 5. The number of hydrogen-bond acceptors (Lipinski definition) is 4. The molecule has 1 fully saturated rings. The van der Waals surface area contributed by atoms with Gasteiger partial charge in [-0.3, -0.25) is 4.79 Å². The topological polar surface area (TPSA) is 92.6 Å². The number of piperidine rings is 1. The van der Waals surface area contributed by atoms with Crippen LogP contribution >= 0.6 is 23.2 Å². The summed E-state index contributed by atoms with van der Waals surface area (Å²) in [5, 5.41) is 10.8. The molecule has 0 aromatic heterocycles. The number of phenols is 1. The number of phenolic OH excluding ortho intramolecular Hbond substituents is 1. The zero-order valence-electron chi connectivity index (χ0n) is 14.7. The number of carbonyl (C=O) groups is 1. The third-order valence-corrected chi connectivity index (χ3v) is 5.55. The van der Waals surface area contributed by atoms with Crippen molar-refractivity contribution < 1.29 is 9.90 Å². The summed E-state index contributed by atoms with van der Waals surface area (Å²) < 4.78 is 0. The molecule has 1 amide bonds. The van der Waals surface area contributed by atoms with E-state index >= 15 is 0 Å². The molecule has 1 aliphatic heterocycles. The molecule has 1 aliphatic rings. The van der Waals surface area contributed by atoms with Crippen molar-refractivity contribution in [3.8, 4) is 5.75 Å². The zero-order chi connectivity index (χ0) is 18.7. The number of aromatic hydroxyl groups is 1. The van der Waals surface area contributed by atoms with Crippen molar-refractivity contribution in [3.05, 3.63) is 27.7 Å². The number of carbonyl (C=O) groups excluding carboxylic acids is 1. The van der Waals surface area contributed by atoms with Gasteiger partial charge in [-0.25, -0.2) is 0 Å². The van der Waals surface area contributed by atoms with Crippen LogP contribution in [0.3, 0.4) is 0 Å². The maximum atomic E-state index is 12.4. The van der Waals surface area contributed by atoms with Crippen LogP contribution in [-0.4, -0.2) is 35.0 Å². The highest BCUT2D eigenvalue weighted by Crippen LogP contribution is 2.37. The minimum absolute atomic E-state index is 0.0121. The number of nitrogens with two attached hydrogens (primary N) is 2. The molecule has 1 aromatic rings. The Labute approximate surface area is 159 Å². The number of halogens is 2. The summed E-state index contributed by atoms with van der Waals surface area (Å²) in [5.74, 6) is 0.619. The first-order valence-electron chi connectivity index (χ1n) is 8.68. The van der Waals surface area contributed by atoms with E-state index in [0.29, 0.717) is 41.0 Å². The van der Waals surface area contributed by atoms with Crippen molar-refractivity contribution in [1.82, 2.24) is 4.90 Å². The lowest BCUT2D eigenvalue weighted by atomic mass is 9.85. The summed E-state index contributed by atoms with van der Waals surface area (Å²) >= 11 is 12.0. The summed E-state index contributed by atoms with van der Waals surface area (Å²) in [6.07, 6.45) is 2.22. The molecule has 7 heteroatoms. The molecule has 25 heavy (non-hydrogen) atoms. The second kappa shape index (κ2) is 8.58. The van der Waals surface area contributed by atoms with Crippen LogP contribution in [0, 0.1) is 11.8 Å². The predicted octanol–water partition coefficient (Wildman–Crippen LogP) is 3.31. The Balaban J connectivity index is 1.98. The Morgan fingerprint density at radius 1 is 1.24 bits per heavy atom. The van der Waals surface area contributed by atoms with Gasteiger partial charge in [0, 0.05) is 30.8 Å². The number of likely N-dealkylation sites (tertiary alicyclic amines) is 1. The van der Waals surface area contributed by atoms with E-state index in [9.17, 15) is 9.90 Å². The predicted molar refractivity (Wildman–Crippen MR) is 102 cm³/mol. The lowest BCUT2D eigenvalue weighted by molar-refractivity contribution is -0.134. The average Bonchev–Trinajstić information content (AvgIpc) is 2.56. The van der Waals surface area contributed by atoms with E-state index in [2.05, 4.69) is 13.8 Å². The molecular formula is C18H27Cl2N3O2. The fraction of sp³-hybridized carbons (Fsp3) is 0.611. The van der Waals surface area contributed by atoms with Gasteiger partial charge in [-0.05, 0) is 37.2 Å². The van der Waals surface area contributed by atoms with Gasteiger partial charge < -0.3 is 21.5 Å². The van der Waals surface area contributed by atoms with Crippen LogP contribution in [0.15, 0.2) is 12.1 Å². The quantitative estimate of drug-likeness (QED) is 0.722.